The highest BCUT2D eigenvalue weighted by atomic mass is 16.6. The summed E-state index contributed by atoms with van der Waals surface area (Å²) in [4.78, 5) is 16.6. The van der Waals surface area contributed by atoms with E-state index in [1.54, 1.807) is 0 Å². The zero-order valence-electron chi connectivity index (χ0n) is 12.6. The zero-order valence-corrected chi connectivity index (χ0v) is 12.6. The van der Waals surface area contributed by atoms with Gasteiger partial charge in [0.25, 0.3) is 0 Å². The van der Waals surface area contributed by atoms with Gasteiger partial charge in [0.1, 0.15) is 5.60 Å². The Morgan fingerprint density at radius 1 is 1.32 bits per heavy atom. The van der Waals surface area contributed by atoms with Crippen molar-refractivity contribution in [1.29, 1.82) is 0 Å². The van der Waals surface area contributed by atoms with Gasteiger partial charge in [-0.1, -0.05) is 0 Å². The molecule has 2 atom stereocenters. The van der Waals surface area contributed by atoms with Crippen molar-refractivity contribution in [2.45, 2.75) is 38.8 Å². The summed E-state index contributed by atoms with van der Waals surface area (Å²) >= 11 is 0. The number of nitrogens with one attached hydrogen (secondary N) is 1. The van der Waals surface area contributed by atoms with Crippen LogP contribution in [0.4, 0.5) is 4.79 Å². The van der Waals surface area contributed by atoms with Gasteiger partial charge in [0.2, 0.25) is 0 Å². The van der Waals surface area contributed by atoms with E-state index in [0.717, 1.165) is 39.1 Å². The van der Waals surface area contributed by atoms with Gasteiger partial charge in [-0.3, -0.25) is 0 Å². The first-order chi connectivity index (χ1) is 8.87. The fourth-order valence-corrected chi connectivity index (χ4v) is 2.91. The first-order valence-electron chi connectivity index (χ1n) is 7.26. The van der Waals surface area contributed by atoms with E-state index in [-0.39, 0.29) is 12.1 Å². The Morgan fingerprint density at radius 3 is 2.63 bits per heavy atom. The Bertz CT molecular complexity index is 321. The monoisotopic (exact) mass is 269 g/mol. The van der Waals surface area contributed by atoms with Crippen LogP contribution in [0.2, 0.25) is 0 Å². The molecule has 0 saturated carbocycles. The average molecular weight is 269 g/mol. The molecule has 0 aromatic carbocycles. The van der Waals surface area contributed by atoms with Crippen molar-refractivity contribution in [2.24, 2.45) is 5.92 Å². The number of hydrogen-bond donors (Lipinski definition) is 1. The molecule has 110 valence electrons. The van der Waals surface area contributed by atoms with Gasteiger partial charge in [-0.05, 0) is 46.7 Å². The first kappa shape index (κ1) is 14.6. The molecule has 1 N–H and O–H groups in total. The number of likely N-dealkylation sites (N-methyl/N-ethyl adjacent to an activating group) is 1. The minimum Gasteiger partial charge on any atom is -0.444 e. The van der Waals surface area contributed by atoms with Crippen molar-refractivity contribution >= 4 is 6.09 Å². The van der Waals surface area contributed by atoms with Crippen molar-refractivity contribution < 1.29 is 9.53 Å². The van der Waals surface area contributed by atoms with Gasteiger partial charge in [-0.25, -0.2) is 4.79 Å². The fourth-order valence-electron chi connectivity index (χ4n) is 2.91. The predicted molar refractivity (Wildman–Crippen MR) is 75.2 cm³/mol. The Morgan fingerprint density at radius 2 is 2.05 bits per heavy atom. The first-order valence-corrected chi connectivity index (χ1v) is 7.26. The van der Waals surface area contributed by atoms with E-state index < -0.39 is 5.60 Å². The van der Waals surface area contributed by atoms with Crippen LogP contribution >= 0.6 is 0 Å². The number of ether oxygens (including phenoxy) is 1. The van der Waals surface area contributed by atoms with Crippen LogP contribution in [-0.4, -0.2) is 67.3 Å². The quantitative estimate of drug-likeness (QED) is 0.775. The number of carbonyl (C=O) groups excluding carboxylic acids is 1. The molecule has 1 amide bonds. The van der Waals surface area contributed by atoms with E-state index in [4.69, 9.17) is 4.74 Å². The van der Waals surface area contributed by atoms with E-state index in [2.05, 4.69) is 17.3 Å². The summed E-state index contributed by atoms with van der Waals surface area (Å²) in [7, 11) is 2.13. The second kappa shape index (κ2) is 5.67. The standard InChI is InChI=1S/C14H27N3O2/c1-14(2,3)19-13(18)17-8-7-16(4)10-12(17)11-5-6-15-9-11/h11-12,15H,5-10H2,1-4H3. The highest BCUT2D eigenvalue weighted by Crippen LogP contribution is 2.24. The Hall–Kier alpha value is -0.810. The van der Waals surface area contributed by atoms with Crippen LogP contribution in [0, 0.1) is 5.92 Å². The molecule has 2 rings (SSSR count). The Balaban J connectivity index is 2.04. The van der Waals surface area contributed by atoms with Crippen molar-refractivity contribution in [3.63, 3.8) is 0 Å². The fraction of sp³-hybridized carbons (Fsp3) is 0.929. The molecule has 0 radical (unpaired) electrons. The lowest BCUT2D eigenvalue weighted by Gasteiger charge is -2.42. The number of nitrogens with zero attached hydrogens (tertiary/aromatic N) is 2. The Labute approximate surface area is 116 Å². The molecule has 2 aliphatic rings. The summed E-state index contributed by atoms with van der Waals surface area (Å²) in [5.41, 5.74) is -0.418. The second-order valence-corrected chi connectivity index (χ2v) is 6.76. The number of hydrogen-bond acceptors (Lipinski definition) is 4. The summed E-state index contributed by atoms with van der Waals surface area (Å²) in [6.07, 6.45) is 0.996. The van der Waals surface area contributed by atoms with Gasteiger partial charge in [0.15, 0.2) is 0 Å². The third-order valence-electron chi connectivity index (χ3n) is 3.89. The number of carbonyl (C=O) groups is 1. The maximum absolute atomic E-state index is 12.4. The molecule has 2 aliphatic heterocycles. The maximum Gasteiger partial charge on any atom is 0.410 e. The van der Waals surface area contributed by atoms with Gasteiger partial charge in [-0.2, -0.15) is 0 Å². The zero-order chi connectivity index (χ0) is 14.0. The van der Waals surface area contributed by atoms with Crippen molar-refractivity contribution in [2.75, 3.05) is 39.8 Å². The topological polar surface area (TPSA) is 44.8 Å². The second-order valence-electron chi connectivity index (χ2n) is 6.76. The maximum atomic E-state index is 12.4. The molecule has 19 heavy (non-hydrogen) atoms. The summed E-state index contributed by atoms with van der Waals surface area (Å²) in [5, 5.41) is 3.39. The van der Waals surface area contributed by atoms with E-state index in [1.165, 1.54) is 0 Å². The normalized spacial score (nSPS) is 29.6. The van der Waals surface area contributed by atoms with Gasteiger partial charge in [0.05, 0.1) is 6.04 Å². The smallest absolute Gasteiger partial charge is 0.410 e. The molecular formula is C14H27N3O2. The van der Waals surface area contributed by atoms with Crippen molar-refractivity contribution in [3.05, 3.63) is 0 Å². The molecule has 5 nitrogen and oxygen atoms in total. The molecule has 2 unspecified atom stereocenters. The number of piperazine rings is 1. The molecule has 0 aliphatic carbocycles. The van der Waals surface area contributed by atoms with Gasteiger partial charge in [-0.15, -0.1) is 0 Å². The summed E-state index contributed by atoms with van der Waals surface area (Å²) in [5.74, 6) is 0.551. The van der Waals surface area contributed by atoms with Crippen LogP contribution in [0.15, 0.2) is 0 Å². The van der Waals surface area contributed by atoms with Crippen LogP contribution in [0.5, 0.6) is 0 Å². The number of rotatable bonds is 1. The minimum absolute atomic E-state index is 0.155. The van der Waals surface area contributed by atoms with Crippen LogP contribution in [0.3, 0.4) is 0 Å². The van der Waals surface area contributed by atoms with Gasteiger partial charge < -0.3 is 19.9 Å². The van der Waals surface area contributed by atoms with Crippen molar-refractivity contribution in [3.8, 4) is 0 Å². The van der Waals surface area contributed by atoms with Crippen LogP contribution in [0.25, 0.3) is 0 Å². The van der Waals surface area contributed by atoms with E-state index in [9.17, 15) is 4.79 Å². The lowest BCUT2D eigenvalue weighted by Crippen LogP contribution is -2.58. The molecule has 0 aromatic heterocycles. The van der Waals surface area contributed by atoms with Gasteiger partial charge in [0, 0.05) is 26.2 Å². The highest BCUT2D eigenvalue weighted by Gasteiger charge is 2.37. The predicted octanol–water partition coefficient (Wildman–Crippen LogP) is 1.15. The summed E-state index contributed by atoms with van der Waals surface area (Å²) in [6, 6.07) is 0.281. The average Bonchev–Trinajstić information content (AvgIpc) is 2.79. The molecule has 2 heterocycles. The lowest BCUT2D eigenvalue weighted by atomic mass is 9.95. The van der Waals surface area contributed by atoms with Crippen LogP contribution < -0.4 is 5.32 Å². The molecular weight excluding hydrogens is 242 g/mol. The van der Waals surface area contributed by atoms with E-state index in [0.29, 0.717) is 5.92 Å². The highest BCUT2D eigenvalue weighted by molar-refractivity contribution is 5.68. The number of amides is 1. The summed E-state index contributed by atoms with van der Waals surface area (Å²) in [6.45, 7) is 10.5. The van der Waals surface area contributed by atoms with Crippen LogP contribution in [-0.2, 0) is 4.74 Å². The molecule has 0 bridgehead atoms. The Kier molecular flexibility index (Phi) is 4.36. The SMILES string of the molecule is CN1CCN(C(=O)OC(C)(C)C)C(C2CCNC2)C1. The van der Waals surface area contributed by atoms with E-state index >= 15 is 0 Å². The van der Waals surface area contributed by atoms with E-state index in [1.807, 2.05) is 25.7 Å². The molecule has 2 fully saturated rings. The molecule has 5 heteroatoms. The van der Waals surface area contributed by atoms with Gasteiger partial charge >= 0.3 is 6.09 Å². The largest absolute Gasteiger partial charge is 0.444 e. The van der Waals surface area contributed by atoms with Crippen molar-refractivity contribution in [1.82, 2.24) is 15.1 Å². The minimum atomic E-state index is -0.418. The lowest BCUT2D eigenvalue weighted by molar-refractivity contribution is -0.00723. The molecule has 0 spiro atoms. The third-order valence-corrected chi connectivity index (χ3v) is 3.89. The molecule has 2 saturated heterocycles. The van der Waals surface area contributed by atoms with Crippen LogP contribution in [0.1, 0.15) is 27.2 Å². The molecule has 0 aromatic rings. The summed E-state index contributed by atoms with van der Waals surface area (Å²) < 4.78 is 5.55. The third kappa shape index (κ3) is 3.83.